The van der Waals surface area contributed by atoms with Crippen molar-refractivity contribution in [2.75, 3.05) is 6.26 Å². The van der Waals surface area contributed by atoms with Gasteiger partial charge < -0.3 is 4.42 Å². The van der Waals surface area contributed by atoms with Crippen molar-refractivity contribution in [1.82, 2.24) is 4.98 Å². The van der Waals surface area contributed by atoms with E-state index in [9.17, 15) is 0 Å². The van der Waals surface area contributed by atoms with E-state index in [4.69, 9.17) is 9.68 Å². The molecule has 74 valence electrons. The third kappa shape index (κ3) is 2.03. The minimum Gasteiger partial charge on any atom is -0.431 e. The quantitative estimate of drug-likeness (QED) is 0.724. The molecule has 3 nitrogen and oxygen atoms in total. The van der Waals surface area contributed by atoms with Crippen molar-refractivity contribution < 1.29 is 4.42 Å². The number of nitriles is 1. The van der Waals surface area contributed by atoms with Crippen LogP contribution in [-0.4, -0.2) is 11.2 Å². The van der Waals surface area contributed by atoms with Gasteiger partial charge in [-0.15, -0.1) is 0 Å². The van der Waals surface area contributed by atoms with E-state index < -0.39 is 0 Å². The molecule has 1 aromatic heterocycles. The lowest BCUT2D eigenvalue weighted by Crippen LogP contribution is -1.76. The van der Waals surface area contributed by atoms with E-state index in [0.717, 1.165) is 5.56 Å². The summed E-state index contributed by atoms with van der Waals surface area (Å²) in [5.74, 6) is 0.691. The molecule has 0 unspecified atom stereocenters. The predicted molar refractivity (Wildman–Crippen MR) is 58.4 cm³/mol. The van der Waals surface area contributed by atoms with Gasteiger partial charge in [-0.3, -0.25) is 0 Å². The summed E-state index contributed by atoms with van der Waals surface area (Å²) in [4.78, 5) is 4.08. The molecular formula is C11H8N2OS. The maximum absolute atomic E-state index is 8.76. The number of benzene rings is 1. The molecule has 0 saturated carbocycles. The van der Waals surface area contributed by atoms with Crippen LogP contribution in [0.2, 0.25) is 0 Å². The zero-order chi connectivity index (χ0) is 10.7. The van der Waals surface area contributed by atoms with Gasteiger partial charge in [0.1, 0.15) is 0 Å². The molecular weight excluding hydrogens is 208 g/mol. The van der Waals surface area contributed by atoms with Crippen molar-refractivity contribution in [3.05, 3.63) is 36.0 Å². The molecule has 0 atom stereocenters. The van der Waals surface area contributed by atoms with Crippen LogP contribution in [0.25, 0.3) is 11.3 Å². The minimum atomic E-state index is 0.620. The highest BCUT2D eigenvalue weighted by atomic mass is 32.2. The van der Waals surface area contributed by atoms with E-state index in [1.165, 1.54) is 11.8 Å². The fourth-order valence-electron chi connectivity index (χ4n) is 1.23. The summed E-state index contributed by atoms with van der Waals surface area (Å²) in [6, 6.07) is 9.36. The van der Waals surface area contributed by atoms with Crippen molar-refractivity contribution in [1.29, 1.82) is 5.26 Å². The lowest BCUT2D eigenvalue weighted by Gasteiger charge is -1.95. The molecule has 0 radical (unpaired) electrons. The molecule has 15 heavy (non-hydrogen) atoms. The third-order valence-corrected chi connectivity index (χ3v) is 2.47. The van der Waals surface area contributed by atoms with Gasteiger partial charge in [0.15, 0.2) is 5.76 Å². The van der Waals surface area contributed by atoms with Crippen LogP contribution >= 0.6 is 11.8 Å². The Labute approximate surface area is 91.7 Å². The first-order valence-corrected chi connectivity index (χ1v) is 5.56. The van der Waals surface area contributed by atoms with Crippen molar-refractivity contribution in [3.63, 3.8) is 0 Å². The summed E-state index contributed by atoms with van der Waals surface area (Å²) in [5, 5.41) is 9.39. The Bertz CT molecular complexity index is 513. The lowest BCUT2D eigenvalue weighted by molar-refractivity contribution is 0.467. The van der Waals surface area contributed by atoms with Crippen LogP contribution in [0.1, 0.15) is 5.56 Å². The summed E-state index contributed by atoms with van der Waals surface area (Å²) >= 11 is 1.45. The van der Waals surface area contributed by atoms with Crippen molar-refractivity contribution in [2.24, 2.45) is 0 Å². The van der Waals surface area contributed by atoms with E-state index in [1.54, 1.807) is 18.3 Å². The molecule has 0 amide bonds. The maximum atomic E-state index is 8.76. The van der Waals surface area contributed by atoms with Gasteiger partial charge in [-0.2, -0.15) is 5.26 Å². The number of rotatable bonds is 2. The molecule has 0 fully saturated rings. The van der Waals surface area contributed by atoms with Gasteiger partial charge in [-0.25, -0.2) is 4.98 Å². The monoisotopic (exact) mass is 216 g/mol. The number of hydrogen-bond acceptors (Lipinski definition) is 4. The van der Waals surface area contributed by atoms with Gasteiger partial charge in [0.25, 0.3) is 5.22 Å². The number of nitrogens with zero attached hydrogens (tertiary/aromatic N) is 2. The van der Waals surface area contributed by atoms with Gasteiger partial charge in [-0.05, 0) is 18.4 Å². The van der Waals surface area contributed by atoms with Crippen molar-refractivity contribution in [3.8, 4) is 17.4 Å². The van der Waals surface area contributed by atoms with Crippen LogP contribution in [0, 0.1) is 11.3 Å². The van der Waals surface area contributed by atoms with Crippen LogP contribution < -0.4 is 0 Å². The molecule has 2 aromatic rings. The van der Waals surface area contributed by atoms with Gasteiger partial charge in [0.2, 0.25) is 0 Å². The van der Waals surface area contributed by atoms with E-state index in [0.29, 0.717) is 16.5 Å². The number of hydrogen-bond donors (Lipinski definition) is 0. The number of oxazole rings is 1. The van der Waals surface area contributed by atoms with Gasteiger partial charge in [0, 0.05) is 5.56 Å². The predicted octanol–water partition coefficient (Wildman–Crippen LogP) is 2.94. The van der Waals surface area contributed by atoms with Gasteiger partial charge in [-0.1, -0.05) is 23.9 Å². The average Bonchev–Trinajstić information content (AvgIpc) is 2.78. The first-order valence-electron chi connectivity index (χ1n) is 4.34. The van der Waals surface area contributed by atoms with E-state index in [-0.39, 0.29) is 0 Å². The largest absolute Gasteiger partial charge is 0.431 e. The first-order chi connectivity index (χ1) is 7.33. The Morgan fingerprint density at radius 2 is 2.33 bits per heavy atom. The minimum absolute atomic E-state index is 0.620. The number of aromatic nitrogens is 1. The van der Waals surface area contributed by atoms with Crippen LogP contribution in [0.15, 0.2) is 40.1 Å². The molecule has 1 aromatic carbocycles. The molecule has 0 saturated heterocycles. The van der Waals surface area contributed by atoms with E-state index >= 15 is 0 Å². The zero-order valence-corrected chi connectivity index (χ0v) is 8.91. The lowest BCUT2D eigenvalue weighted by atomic mass is 10.1. The molecule has 0 aliphatic heterocycles. The Morgan fingerprint density at radius 3 is 3.00 bits per heavy atom. The van der Waals surface area contributed by atoms with Crippen molar-refractivity contribution >= 4 is 11.8 Å². The molecule has 0 N–H and O–H groups in total. The molecule has 0 aliphatic carbocycles. The Balaban J connectivity index is 2.41. The second-order valence-electron chi connectivity index (χ2n) is 2.89. The third-order valence-electron chi connectivity index (χ3n) is 1.94. The van der Waals surface area contributed by atoms with Crippen LogP contribution in [0.5, 0.6) is 0 Å². The highest BCUT2D eigenvalue weighted by molar-refractivity contribution is 7.98. The summed E-state index contributed by atoms with van der Waals surface area (Å²) in [7, 11) is 0. The normalized spacial score (nSPS) is 9.87. The highest BCUT2D eigenvalue weighted by Crippen LogP contribution is 2.24. The fraction of sp³-hybridized carbons (Fsp3) is 0.0909. The van der Waals surface area contributed by atoms with Gasteiger partial charge >= 0.3 is 0 Å². The van der Waals surface area contributed by atoms with Crippen LogP contribution in [-0.2, 0) is 0 Å². The van der Waals surface area contributed by atoms with E-state index in [1.807, 2.05) is 18.4 Å². The standard InChI is InChI=1S/C11H8N2OS/c1-15-11-13-7-10(14-11)9-4-2-3-8(5-9)6-12/h2-5,7H,1H3. The Kier molecular flexibility index (Phi) is 2.75. The molecule has 2 rings (SSSR count). The first kappa shape index (κ1) is 9.81. The summed E-state index contributed by atoms with van der Waals surface area (Å²) in [6.45, 7) is 0. The summed E-state index contributed by atoms with van der Waals surface area (Å²) in [5.41, 5.74) is 1.50. The number of thioether (sulfide) groups is 1. The SMILES string of the molecule is CSc1ncc(-c2cccc(C#N)c2)o1. The Morgan fingerprint density at radius 1 is 1.47 bits per heavy atom. The van der Waals surface area contributed by atoms with Crippen LogP contribution in [0.4, 0.5) is 0 Å². The van der Waals surface area contributed by atoms with Crippen LogP contribution in [0.3, 0.4) is 0 Å². The fourth-order valence-corrected chi connectivity index (χ4v) is 1.56. The molecule has 4 heteroatoms. The second kappa shape index (κ2) is 4.20. The van der Waals surface area contributed by atoms with Gasteiger partial charge in [0.05, 0.1) is 17.8 Å². The molecule has 1 heterocycles. The zero-order valence-electron chi connectivity index (χ0n) is 8.10. The maximum Gasteiger partial charge on any atom is 0.255 e. The molecule has 0 spiro atoms. The Hall–Kier alpha value is -1.73. The topological polar surface area (TPSA) is 49.8 Å². The smallest absolute Gasteiger partial charge is 0.255 e. The second-order valence-corrected chi connectivity index (χ2v) is 3.64. The van der Waals surface area contributed by atoms with E-state index in [2.05, 4.69) is 11.1 Å². The molecule has 0 aliphatic rings. The van der Waals surface area contributed by atoms with Crippen molar-refractivity contribution in [2.45, 2.75) is 5.22 Å². The summed E-state index contributed by atoms with van der Waals surface area (Å²) < 4.78 is 5.46. The molecule has 0 bridgehead atoms. The highest BCUT2D eigenvalue weighted by Gasteiger charge is 2.05. The average molecular weight is 216 g/mol. The summed E-state index contributed by atoms with van der Waals surface area (Å²) in [6.07, 6.45) is 3.57.